The van der Waals surface area contributed by atoms with E-state index < -0.39 is 17.5 Å². The second-order valence-electron chi connectivity index (χ2n) is 7.57. The van der Waals surface area contributed by atoms with Crippen LogP contribution in [0.4, 0.5) is 14.5 Å². The summed E-state index contributed by atoms with van der Waals surface area (Å²) in [5.74, 6) is -3.02. The van der Waals surface area contributed by atoms with Gasteiger partial charge in [0.15, 0.2) is 0 Å². The number of nitrogens with one attached hydrogen (secondary N) is 3. The van der Waals surface area contributed by atoms with E-state index in [4.69, 9.17) is 0 Å². The number of amides is 3. The lowest BCUT2D eigenvalue weighted by Crippen LogP contribution is -2.28. The van der Waals surface area contributed by atoms with Crippen LogP contribution in [0.25, 0.3) is 0 Å². The fraction of sp³-hybridized carbons (Fsp3) is 0.192. The number of para-hydroxylation sites is 1. The average molecular weight is 466 g/mol. The summed E-state index contributed by atoms with van der Waals surface area (Å²) < 4.78 is 26.6. The van der Waals surface area contributed by atoms with Crippen molar-refractivity contribution >= 4 is 23.4 Å². The van der Waals surface area contributed by atoms with E-state index in [-0.39, 0.29) is 30.3 Å². The number of carbonyl (C=O) groups excluding carboxylic acids is 3. The van der Waals surface area contributed by atoms with Crippen molar-refractivity contribution in [2.75, 3.05) is 18.4 Å². The molecular formula is C26H25F2N3O3. The minimum absolute atomic E-state index is 0.0795. The van der Waals surface area contributed by atoms with Crippen molar-refractivity contribution in [3.05, 3.63) is 101 Å². The lowest BCUT2D eigenvalue weighted by atomic mass is 10.1. The molecule has 0 atom stereocenters. The van der Waals surface area contributed by atoms with Crippen molar-refractivity contribution in [2.24, 2.45) is 0 Å². The van der Waals surface area contributed by atoms with E-state index in [1.807, 2.05) is 30.3 Å². The van der Waals surface area contributed by atoms with Crippen LogP contribution in [0.5, 0.6) is 0 Å². The first-order valence-electron chi connectivity index (χ1n) is 10.9. The minimum atomic E-state index is -0.950. The first-order valence-corrected chi connectivity index (χ1v) is 10.9. The maximum atomic E-state index is 13.7. The van der Waals surface area contributed by atoms with Crippen molar-refractivity contribution < 1.29 is 23.2 Å². The maximum Gasteiger partial charge on any atom is 0.254 e. The number of hydrogen-bond donors (Lipinski definition) is 3. The van der Waals surface area contributed by atoms with Crippen LogP contribution in [0, 0.1) is 11.6 Å². The Morgan fingerprint density at radius 1 is 0.735 bits per heavy atom. The Labute approximate surface area is 196 Å². The fourth-order valence-corrected chi connectivity index (χ4v) is 3.28. The van der Waals surface area contributed by atoms with Crippen molar-refractivity contribution in [2.45, 2.75) is 19.3 Å². The van der Waals surface area contributed by atoms with E-state index in [0.29, 0.717) is 36.7 Å². The van der Waals surface area contributed by atoms with Crippen LogP contribution in [-0.4, -0.2) is 30.8 Å². The molecular weight excluding hydrogens is 440 g/mol. The van der Waals surface area contributed by atoms with Gasteiger partial charge in [-0.2, -0.15) is 0 Å². The largest absolute Gasteiger partial charge is 0.352 e. The molecule has 0 aromatic heterocycles. The van der Waals surface area contributed by atoms with Crippen LogP contribution in [0.3, 0.4) is 0 Å². The van der Waals surface area contributed by atoms with Crippen LogP contribution in [-0.2, 0) is 11.2 Å². The van der Waals surface area contributed by atoms with Crippen molar-refractivity contribution in [3.8, 4) is 0 Å². The Bertz CT molecular complexity index is 1150. The molecule has 34 heavy (non-hydrogen) atoms. The van der Waals surface area contributed by atoms with Gasteiger partial charge in [-0.15, -0.1) is 0 Å². The third-order valence-corrected chi connectivity index (χ3v) is 5.03. The zero-order chi connectivity index (χ0) is 24.3. The quantitative estimate of drug-likeness (QED) is 0.394. The molecule has 3 amide bonds. The highest BCUT2D eigenvalue weighted by Crippen LogP contribution is 2.16. The lowest BCUT2D eigenvalue weighted by molar-refractivity contribution is -0.116. The standard InChI is InChI=1S/C26H25F2N3O3/c27-19-12-13-20(22(28)17-19)25(33)29-15-6-11-24(32)31-23-10-5-4-9-21(23)26(34)30-16-14-18-7-2-1-3-8-18/h1-5,7-10,12-13,17H,6,11,14-16H2,(H,29,33)(H,30,34)(H,31,32). The van der Waals surface area contributed by atoms with E-state index in [1.54, 1.807) is 24.3 Å². The highest BCUT2D eigenvalue weighted by molar-refractivity contribution is 6.03. The van der Waals surface area contributed by atoms with E-state index in [9.17, 15) is 23.2 Å². The summed E-state index contributed by atoms with van der Waals surface area (Å²) in [5.41, 5.74) is 1.59. The Morgan fingerprint density at radius 3 is 2.18 bits per heavy atom. The Kier molecular flexibility index (Phi) is 8.85. The molecule has 0 aliphatic heterocycles. The molecule has 0 unspecified atom stereocenters. The predicted molar refractivity (Wildman–Crippen MR) is 125 cm³/mol. The zero-order valence-electron chi connectivity index (χ0n) is 18.4. The van der Waals surface area contributed by atoms with Gasteiger partial charge in [-0.3, -0.25) is 14.4 Å². The van der Waals surface area contributed by atoms with E-state index >= 15 is 0 Å². The monoisotopic (exact) mass is 465 g/mol. The SMILES string of the molecule is O=C(CCCNC(=O)c1ccc(F)cc1F)Nc1ccccc1C(=O)NCCc1ccccc1. The molecule has 0 radical (unpaired) electrons. The number of carbonyl (C=O) groups is 3. The van der Waals surface area contributed by atoms with Gasteiger partial charge in [-0.25, -0.2) is 8.78 Å². The van der Waals surface area contributed by atoms with Crippen molar-refractivity contribution in [3.63, 3.8) is 0 Å². The maximum absolute atomic E-state index is 13.7. The van der Waals surface area contributed by atoms with Crippen LogP contribution >= 0.6 is 0 Å². The number of anilines is 1. The fourth-order valence-electron chi connectivity index (χ4n) is 3.28. The zero-order valence-corrected chi connectivity index (χ0v) is 18.4. The molecule has 3 rings (SSSR count). The Hall–Kier alpha value is -4.07. The Morgan fingerprint density at radius 2 is 1.41 bits per heavy atom. The van der Waals surface area contributed by atoms with Crippen LogP contribution in [0.2, 0.25) is 0 Å². The van der Waals surface area contributed by atoms with Crippen molar-refractivity contribution in [1.29, 1.82) is 0 Å². The van der Waals surface area contributed by atoms with Gasteiger partial charge in [0.1, 0.15) is 11.6 Å². The van der Waals surface area contributed by atoms with Crippen LogP contribution in [0.15, 0.2) is 72.8 Å². The van der Waals surface area contributed by atoms with Gasteiger partial charge in [0.25, 0.3) is 11.8 Å². The molecule has 0 saturated heterocycles. The third-order valence-electron chi connectivity index (χ3n) is 5.03. The van der Waals surface area contributed by atoms with Crippen LogP contribution < -0.4 is 16.0 Å². The highest BCUT2D eigenvalue weighted by atomic mass is 19.1. The molecule has 8 heteroatoms. The number of benzene rings is 3. The molecule has 0 aliphatic carbocycles. The van der Waals surface area contributed by atoms with Gasteiger partial charge in [0, 0.05) is 25.6 Å². The summed E-state index contributed by atoms with van der Waals surface area (Å²) in [4.78, 5) is 36.9. The molecule has 0 bridgehead atoms. The second-order valence-corrected chi connectivity index (χ2v) is 7.57. The molecule has 0 fully saturated rings. The molecule has 176 valence electrons. The minimum Gasteiger partial charge on any atom is -0.352 e. The molecule has 0 spiro atoms. The summed E-state index contributed by atoms with van der Waals surface area (Å²) in [6.45, 7) is 0.587. The number of rotatable bonds is 10. The molecule has 0 heterocycles. The predicted octanol–water partition coefficient (Wildman–Crippen LogP) is 4.09. The molecule has 3 aromatic carbocycles. The van der Waals surface area contributed by atoms with Crippen molar-refractivity contribution in [1.82, 2.24) is 10.6 Å². The normalized spacial score (nSPS) is 10.4. The summed E-state index contributed by atoms with van der Waals surface area (Å²) in [7, 11) is 0. The first-order chi connectivity index (χ1) is 16.4. The van der Waals surface area contributed by atoms with Gasteiger partial charge in [0.2, 0.25) is 5.91 Å². The average Bonchev–Trinajstić information content (AvgIpc) is 2.82. The molecule has 0 aliphatic rings. The van der Waals surface area contributed by atoms with Gasteiger partial charge < -0.3 is 16.0 Å². The summed E-state index contributed by atoms with van der Waals surface area (Å²) >= 11 is 0. The smallest absolute Gasteiger partial charge is 0.254 e. The lowest BCUT2D eigenvalue weighted by Gasteiger charge is -2.12. The Balaban J connectivity index is 1.44. The summed E-state index contributed by atoms with van der Waals surface area (Å²) in [6, 6.07) is 19.2. The molecule has 3 aromatic rings. The van der Waals surface area contributed by atoms with Gasteiger partial charge in [0.05, 0.1) is 16.8 Å². The molecule has 0 saturated carbocycles. The highest BCUT2D eigenvalue weighted by Gasteiger charge is 2.14. The van der Waals surface area contributed by atoms with Gasteiger partial charge in [-0.1, -0.05) is 42.5 Å². The number of halogens is 2. The molecule has 6 nitrogen and oxygen atoms in total. The van der Waals surface area contributed by atoms with Gasteiger partial charge >= 0.3 is 0 Å². The molecule has 3 N–H and O–H groups in total. The van der Waals surface area contributed by atoms with E-state index in [2.05, 4.69) is 16.0 Å². The second kappa shape index (κ2) is 12.2. The summed E-state index contributed by atoms with van der Waals surface area (Å²) in [6.07, 6.45) is 1.07. The van der Waals surface area contributed by atoms with Crippen LogP contribution in [0.1, 0.15) is 39.1 Å². The third kappa shape index (κ3) is 7.23. The van der Waals surface area contributed by atoms with E-state index in [0.717, 1.165) is 17.7 Å². The van der Waals surface area contributed by atoms with Gasteiger partial charge in [-0.05, 0) is 42.7 Å². The number of hydrogen-bond acceptors (Lipinski definition) is 3. The summed E-state index contributed by atoms with van der Waals surface area (Å²) in [5, 5.41) is 8.08. The van der Waals surface area contributed by atoms with E-state index in [1.165, 1.54) is 0 Å². The first kappa shape index (κ1) is 24.6. The topological polar surface area (TPSA) is 87.3 Å².